The van der Waals surface area contributed by atoms with Crippen molar-refractivity contribution in [3.63, 3.8) is 0 Å². The van der Waals surface area contributed by atoms with E-state index in [1.165, 1.54) is 46.2 Å². The van der Waals surface area contributed by atoms with E-state index in [1.807, 2.05) is 0 Å². The van der Waals surface area contributed by atoms with Gasteiger partial charge in [0.25, 0.3) is 0 Å². The van der Waals surface area contributed by atoms with Gasteiger partial charge in [-0.3, -0.25) is 0 Å². The van der Waals surface area contributed by atoms with E-state index in [4.69, 9.17) is 0 Å². The van der Waals surface area contributed by atoms with Crippen molar-refractivity contribution in [2.45, 2.75) is 78.6 Å². The highest BCUT2D eigenvalue weighted by molar-refractivity contribution is 6.80. The molecule has 0 aromatic heterocycles. The number of allylic oxidation sites excluding steroid dienone is 8. The zero-order valence-electron chi connectivity index (χ0n) is 25.5. The van der Waals surface area contributed by atoms with Crippen molar-refractivity contribution in [1.82, 2.24) is 0 Å². The number of fused-ring (bicyclic) bond motifs is 2. The molecule has 0 heterocycles. The molecule has 4 aliphatic rings. The number of benzene rings is 2. The van der Waals surface area contributed by atoms with E-state index < -0.39 is 8.07 Å². The van der Waals surface area contributed by atoms with Crippen molar-refractivity contribution in [2.24, 2.45) is 35.5 Å². The third kappa shape index (κ3) is 4.59. The Morgan fingerprint density at radius 1 is 0.564 bits per heavy atom. The summed E-state index contributed by atoms with van der Waals surface area (Å²) in [5.41, 5.74) is 13.3. The van der Waals surface area contributed by atoms with Crippen LogP contribution in [0.3, 0.4) is 0 Å². The lowest BCUT2D eigenvalue weighted by molar-refractivity contribution is 0.495. The maximum absolute atomic E-state index is 2.78. The lowest BCUT2D eigenvalue weighted by Crippen LogP contribution is -2.45. The molecule has 1 heteroatoms. The van der Waals surface area contributed by atoms with E-state index in [9.17, 15) is 0 Å². The quantitative estimate of drug-likeness (QED) is 0.344. The molecule has 0 N–H and O–H groups in total. The Morgan fingerprint density at radius 3 is 1.28 bits per heavy atom. The summed E-state index contributed by atoms with van der Waals surface area (Å²) in [5.74, 6) is 4.29. The molecule has 0 bridgehead atoms. The van der Waals surface area contributed by atoms with Crippen LogP contribution in [0.1, 0.15) is 60.1 Å². The molecule has 2 aromatic rings. The van der Waals surface area contributed by atoms with Crippen molar-refractivity contribution in [3.8, 4) is 0 Å². The van der Waals surface area contributed by atoms with Crippen LogP contribution in [0.5, 0.6) is 0 Å². The molecule has 8 unspecified atom stereocenters. The van der Waals surface area contributed by atoms with Gasteiger partial charge >= 0.3 is 0 Å². The topological polar surface area (TPSA) is 0 Å². The largest absolute Gasteiger partial charge is 0.0808 e. The molecule has 0 aliphatic heterocycles. The molecule has 0 spiro atoms. The first-order valence-corrected chi connectivity index (χ1v) is 18.6. The SMILES string of the molecule is Cc1cc(C)cc(C2=CC=CC3C2CC(C)C3[Si](C)(C)C2C(C)CC3C(c4cc(C)cc(C)c4)=CC=CC32)c1. The molecular formula is C38H48Si. The van der Waals surface area contributed by atoms with E-state index >= 15 is 0 Å². The molecule has 0 saturated heterocycles. The van der Waals surface area contributed by atoms with Crippen LogP contribution in [-0.4, -0.2) is 8.07 Å². The van der Waals surface area contributed by atoms with Gasteiger partial charge in [-0.25, -0.2) is 0 Å². The van der Waals surface area contributed by atoms with Gasteiger partial charge in [-0.1, -0.05) is 122 Å². The summed E-state index contributed by atoms with van der Waals surface area (Å²) in [7, 11) is -1.64. The van der Waals surface area contributed by atoms with E-state index in [2.05, 4.69) is 127 Å². The van der Waals surface area contributed by atoms with Gasteiger partial charge in [0, 0.05) is 0 Å². The molecular weight excluding hydrogens is 485 g/mol. The first-order chi connectivity index (χ1) is 18.5. The lowest BCUT2D eigenvalue weighted by atomic mass is 9.80. The first kappa shape index (κ1) is 26.8. The molecule has 8 atom stereocenters. The second kappa shape index (κ2) is 9.91. The van der Waals surface area contributed by atoms with Crippen LogP contribution in [0.15, 0.2) is 72.9 Å². The summed E-state index contributed by atoms with van der Waals surface area (Å²) < 4.78 is 0. The molecule has 39 heavy (non-hydrogen) atoms. The summed E-state index contributed by atoms with van der Waals surface area (Å²) in [6, 6.07) is 14.3. The summed E-state index contributed by atoms with van der Waals surface area (Å²) in [4.78, 5) is 0. The van der Waals surface area contributed by atoms with Crippen LogP contribution in [-0.2, 0) is 0 Å². The highest BCUT2D eigenvalue weighted by Crippen LogP contribution is 2.64. The monoisotopic (exact) mass is 532 g/mol. The molecule has 6 rings (SSSR count). The highest BCUT2D eigenvalue weighted by Gasteiger charge is 2.57. The number of rotatable bonds is 4. The van der Waals surface area contributed by atoms with Crippen molar-refractivity contribution >= 4 is 19.2 Å². The summed E-state index contributed by atoms with van der Waals surface area (Å²) in [5, 5.41) is 0. The molecule has 0 nitrogen and oxygen atoms in total. The van der Waals surface area contributed by atoms with E-state index in [-0.39, 0.29) is 0 Å². The minimum atomic E-state index is -1.64. The maximum Gasteiger partial charge on any atom is 0.0553 e. The summed E-state index contributed by atoms with van der Waals surface area (Å²) >= 11 is 0. The minimum Gasteiger partial charge on any atom is -0.0808 e. The van der Waals surface area contributed by atoms with E-state index in [1.54, 1.807) is 11.1 Å². The average Bonchev–Trinajstić information content (AvgIpc) is 3.38. The molecule has 4 aliphatic carbocycles. The van der Waals surface area contributed by atoms with Crippen LogP contribution in [0.25, 0.3) is 11.1 Å². The summed E-state index contributed by atoms with van der Waals surface area (Å²) in [6.45, 7) is 19.8. The van der Waals surface area contributed by atoms with Crippen LogP contribution >= 0.6 is 0 Å². The third-order valence-corrected chi connectivity index (χ3v) is 16.4. The minimum absolute atomic E-state index is 0.670. The molecule has 0 amide bonds. The Morgan fingerprint density at radius 2 is 0.923 bits per heavy atom. The van der Waals surface area contributed by atoms with E-state index in [0.717, 1.165) is 22.9 Å². The fraction of sp³-hybridized carbons (Fsp3) is 0.474. The molecule has 204 valence electrons. The Bertz CT molecular complexity index is 1250. The van der Waals surface area contributed by atoms with Gasteiger partial charge in [0.1, 0.15) is 0 Å². The standard InChI is InChI=1S/C38H48Si/c1-23-15-24(2)18-29(17-23)31-11-9-13-33-35(31)21-27(5)37(33)39(7,8)38-28(6)22-36-32(12-10-14-34(36)38)30-19-25(3)16-26(4)20-30/h9-20,27-28,33-38H,21-22H2,1-8H3. The Labute approximate surface area is 239 Å². The highest BCUT2D eigenvalue weighted by atomic mass is 28.3. The van der Waals surface area contributed by atoms with Crippen LogP contribution in [0, 0.1) is 63.2 Å². The number of hydrogen-bond acceptors (Lipinski definition) is 0. The molecule has 2 aromatic carbocycles. The molecule has 2 fully saturated rings. The smallest absolute Gasteiger partial charge is 0.0553 e. The van der Waals surface area contributed by atoms with Gasteiger partial charge in [-0.05, 0) is 109 Å². The zero-order chi connectivity index (χ0) is 27.6. The zero-order valence-corrected chi connectivity index (χ0v) is 26.5. The van der Waals surface area contributed by atoms with Crippen molar-refractivity contribution < 1.29 is 0 Å². The van der Waals surface area contributed by atoms with Gasteiger partial charge < -0.3 is 0 Å². The van der Waals surface area contributed by atoms with Crippen molar-refractivity contribution in [1.29, 1.82) is 0 Å². The lowest BCUT2D eigenvalue weighted by Gasteiger charge is -2.46. The second-order valence-corrected chi connectivity index (χ2v) is 19.4. The van der Waals surface area contributed by atoms with Crippen LogP contribution in [0.2, 0.25) is 24.2 Å². The molecule has 0 radical (unpaired) electrons. The fourth-order valence-electron chi connectivity index (χ4n) is 10.3. The van der Waals surface area contributed by atoms with Crippen LogP contribution in [0.4, 0.5) is 0 Å². The van der Waals surface area contributed by atoms with Gasteiger partial charge in [0.05, 0.1) is 8.07 Å². The van der Waals surface area contributed by atoms with Gasteiger partial charge in [0.2, 0.25) is 0 Å². The predicted molar refractivity (Wildman–Crippen MR) is 173 cm³/mol. The van der Waals surface area contributed by atoms with Crippen LogP contribution < -0.4 is 0 Å². The number of aryl methyl sites for hydroxylation is 4. The summed E-state index contributed by atoms with van der Waals surface area (Å²) in [6.07, 6.45) is 17.6. The average molecular weight is 533 g/mol. The fourth-order valence-corrected chi connectivity index (χ4v) is 16.6. The Balaban J connectivity index is 1.31. The maximum atomic E-state index is 2.78. The van der Waals surface area contributed by atoms with Gasteiger partial charge in [-0.2, -0.15) is 0 Å². The Kier molecular flexibility index (Phi) is 6.82. The Hall–Kier alpha value is -2.38. The normalized spacial score (nSPS) is 33.5. The predicted octanol–water partition coefficient (Wildman–Crippen LogP) is 10.5. The van der Waals surface area contributed by atoms with Crippen molar-refractivity contribution in [3.05, 3.63) is 106 Å². The first-order valence-electron chi connectivity index (χ1n) is 15.5. The molecule has 2 saturated carbocycles. The third-order valence-electron chi connectivity index (χ3n) is 11.1. The van der Waals surface area contributed by atoms with E-state index in [0.29, 0.717) is 23.7 Å². The number of hydrogen-bond donors (Lipinski definition) is 0. The second-order valence-electron chi connectivity index (χ2n) is 14.4. The van der Waals surface area contributed by atoms with Gasteiger partial charge in [-0.15, -0.1) is 0 Å². The van der Waals surface area contributed by atoms with Gasteiger partial charge in [0.15, 0.2) is 0 Å². The van der Waals surface area contributed by atoms with Crippen molar-refractivity contribution in [2.75, 3.05) is 0 Å².